The molecule has 3 fully saturated rings. The van der Waals surface area contributed by atoms with Gasteiger partial charge in [0.05, 0.1) is 6.54 Å². The van der Waals surface area contributed by atoms with Crippen LogP contribution in [0.25, 0.3) is 5.00 Å². The molecule has 1 aromatic carbocycles. The van der Waals surface area contributed by atoms with Crippen LogP contribution < -0.4 is 11.1 Å². The second-order valence-corrected chi connectivity index (χ2v) is 12.4. The first-order valence-corrected chi connectivity index (χ1v) is 13.8. The van der Waals surface area contributed by atoms with Gasteiger partial charge < -0.3 is 11.1 Å². The molecule has 1 amide bonds. The number of hydrogen-bond acceptors (Lipinski definition) is 5. The van der Waals surface area contributed by atoms with Crippen LogP contribution in [0.15, 0.2) is 24.3 Å². The Balaban J connectivity index is 1.34. The zero-order chi connectivity index (χ0) is 24.5. The fraction of sp³-hybridized carbons (Fsp3) is 0.519. The van der Waals surface area contributed by atoms with Gasteiger partial charge >= 0.3 is 0 Å². The van der Waals surface area contributed by atoms with Crippen molar-refractivity contribution in [2.75, 3.05) is 0 Å². The SMILES string of the molecule is CCC12CC(NC(=O)[C@@H]3Cc4sc(-n5c(C)nnc5CN)c([C@@H](C)c5ccccc5Cl)c4C3)(C1)C2. The molecular formula is C27H32ClN5OS. The Labute approximate surface area is 215 Å². The number of nitrogens with two attached hydrogens (primary N) is 1. The molecule has 0 unspecified atom stereocenters. The number of hydrogen-bond donors (Lipinski definition) is 2. The summed E-state index contributed by atoms with van der Waals surface area (Å²) in [6.07, 6.45) is 6.24. The minimum absolute atomic E-state index is 0.00918. The average Bonchev–Trinajstić information content (AvgIpc) is 3.46. The molecule has 0 spiro atoms. The van der Waals surface area contributed by atoms with E-state index in [9.17, 15) is 4.79 Å². The van der Waals surface area contributed by atoms with E-state index in [1.54, 1.807) is 11.3 Å². The predicted octanol–water partition coefficient (Wildman–Crippen LogP) is 5.06. The highest BCUT2D eigenvalue weighted by molar-refractivity contribution is 7.15. The van der Waals surface area contributed by atoms with Crippen molar-refractivity contribution < 1.29 is 4.79 Å². The van der Waals surface area contributed by atoms with Crippen molar-refractivity contribution in [1.29, 1.82) is 0 Å². The number of amides is 1. The normalized spacial score (nSPS) is 27.2. The summed E-state index contributed by atoms with van der Waals surface area (Å²) in [6, 6.07) is 8.03. The third kappa shape index (κ3) is 3.50. The van der Waals surface area contributed by atoms with Crippen molar-refractivity contribution >= 4 is 28.8 Å². The number of carbonyl (C=O) groups excluding carboxylic acids is 1. The van der Waals surface area contributed by atoms with Crippen molar-refractivity contribution in [3.05, 3.63) is 62.5 Å². The number of benzene rings is 1. The maximum Gasteiger partial charge on any atom is 0.224 e. The summed E-state index contributed by atoms with van der Waals surface area (Å²) in [5.41, 5.74) is 10.2. The maximum absolute atomic E-state index is 13.3. The first-order valence-electron chi connectivity index (χ1n) is 12.6. The Morgan fingerprint density at radius 2 is 2.03 bits per heavy atom. The van der Waals surface area contributed by atoms with Crippen LogP contribution >= 0.6 is 22.9 Å². The lowest BCUT2D eigenvalue weighted by Crippen LogP contribution is -2.74. The molecule has 3 aromatic rings. The third-order valence-corrected chi connectivity index (χ3v) is 10.3. The van der Waals surface area contributed by atoms with Gasteiger partial charge in [-0.25, -0.2) is 0 Å². The van der Waals surface area contributed by atoms with Gasteiger partial charge in [-0.05, 0) is 67.2 Å². The Kier molecular flexibility index (Phi) is 5.40. The van der Waals surface area contributed by atoms with Crippen molar-refractivity contribution in [3.63, 3.8) is 0 Å². The highest BCUT2D eigenvalue weighted by Crippen LogP contribution is 2.68. The van der Waals surface area contributed by atoms with Crippen LogP contribution in [0.5, 0.6) is 0 Å². The molecule has 2 atom stereocenters. The zero-order valence-corrected chi connectivity index (χ0v) is 22.1. The highest BCUT2D eigenvalue weighted by Gasteiger charge is 2.67. The Morgan fingerprint density at radius 1 is 1.29 bits per heavy atom. The van der Waals surface area contributed by atoms with E-state index in [2.05, 4.69) is 40.0 Å². The highest BCUT2D eigenvalue weighted by atomic mass is 35.5. The smallest absolute Gasteiger partial charge is 0.224 e. The second kappa shape index (κ2) is 8.15. The summed E-state index contributed by atoms with van der Waals surface area (Å²) in [5, 5.41) is 13.9. The number of rotatable bonds is 7. The Hall–Kier alpha value is -2.22. The predicted molar refractivity (Wildman–Crippen MR) is 139 cm³/mol. The number of carbonyl (C=O) groups is 1. The summed E-state index contributed by atoms with van der Waals surface area (Å²) in [7, 11) is 0. The molecule has 2 bridgehead atoms. The van der Waals surface area contributed by atoms with Crippen molar-refractivity contribution in [1.82, 2.24) is 20.1 Å². The number of aromatic nitrogens is 3. The summed E-state index contributed by atoms with van der Waals surface area (Å²) < 4.78 is 2.09. The molecule has 0 aliphatic heterocycles. The van der Waals surface area contributed by atoms with E-state index in [-0.39, 0.29) is 23.3 Å². The fourth-order valence-electron chi connectivity index (χ4n) is 6.90. The summed E-state index contributed by atoms with van der Waals surface area (Å²) >= 11 is 8.40. The molecule has 3 saturated carbocycles. The maximum atomic E-state index is 13.3. The molecule has 184 valence electrons. The third-order valence-electron chi connectivity index (χ3n) is 8.73. The summed E-state index contributed by atoms with van der Waals surface area (Å²) in [4.78, 5) is 14.6. The lowest BCUT2D eigenvalue weighted by molar-refractivity contribution is -0.168. The molecule has 35 heavy (non-hydrogen) atoms. The van der Waals surface area contributed by atoms with Crippen LogP contribution in [-0.4, -0.2) is 26.2 Å². The van der Waals surface area contributed by atoms with Gasteiger partial charge in [-0.15, -0.1) is 21.5 Å². The van der Waals surface area contributed by atoms with E-state index in [0.717, 1.165) is 59.3 Å². The van der Waals surface area contributed by atoms with E-state index in [1.807, 2.05) is 25.1 Å². The molecule has 2 heterocycles. The first kappa shape index (κ1) is 23.2. The number of aryl methyl sites for hydroxylation is 1. The van der Waals surface area contributed by atoms with Gasteiger partial charge in [0.15, 0.2) is 5.82 Å². The molecule has 2 aromatic heterocycles. The molecule has 8 heteroatoms. The van der Waals surface area contributed by atoms with Gasteiger partial charge in [-0.2, -0.15) is 0 Å². The van der Waals surface area contributed by atoms with Crippen molar-refractivity contribution in [3.8, 4) is 5.00 Å². The van der Waals surface area contributed by atoms with Gasteiger partial charge in [0.25, 0.3) is 0 Å². The Morgan fingerprint density at radius 3 is 2.71 bits per heavy atom. The van der Waals surface area contributed by atoms with Crippen LogP contribution in [0.1, 0.15) is 78.7 Å². The van der Waals surface area contributed by atoms with Crippen LogP contribution in [0.2, 0.25) is 5.02 Å². The van der Waals surface area contributed by atoms with Crippen molar-refractivity contribution in [2.45, 2.75) is 77.3 Å². The van der Waals surface area contributed by atoms with Gasteiger partial charge in [0.2, 0.25) is 5.91 Å². The van der Waals surface area contributed by atoms with E-state index in [4.69, 9.17) is 17.3 Å². The van der Waals surface area contributed by atoms with E-state index >= 15 is 0 Å². The molecule has 0 saturated heterocycles. The van der Waals surface area contributed by atoms with Crippen LogP contribution in [0.3, 0.4) is 0 Å². The average molecular weight is 510 g/mol. The lowest BCUT2D eigenvalue weighted by atomic mass is 9.38. The van der Waals surface area contributed by atoms with E-state index in [1.165, 1.54) is 22.4 Å². The molecule has 4 aliphatic carbocycles. The van der Waals surface area contributed by atoms with Crippen LogP contribution in [0, 0.1) is 18.3 Å². The van der Waals surface area contributed by atoms with Gasteiger partial charge in [0.1, 0.15) is 10.8 Å². The number of nitrogens with one attached hydrogen (secondary N) is 1. The summed E-state index contributed by atoms with van der Waals surface area (Å²) in [5.74, 6) is 1.84. The van der Waals surface area contributed by atoms with E-state index < -0.39 is 0 Å². The van der Waals surface area contributed by atoms with Crippen LogP contribution in [0.4, 0.5) is 0 Å². The van der Waals surface area contributed by atoms with Crippen LogP contribution in [-0.2, 0) is 24.2 Å². The lowest BCUT2D eigenvalue weighted by Gasteiger charge is -2.71. The number of halogens is 1. The molecule has 7 rings (SSSR count). The topological polar surface area (TPSA) is 85.8 Å². The zero-order valence-electron chi connectivity index (χ0n) is 20.5. The molecular weight excluding hydrogens is 478 g/mol. The van der Waals surface area contributed by atoms with Crippen molar-refractivity contribution in [2.24, 2.45) is 17.1 Å². The molecule has 6 nitrogen and oxygen atoms in total. The monoisotopic (exact) mass is 509 g/mol. The number of thiophene rings is 1. The standard InChI is InChI=1S/C27H32ClN5OS/c1-4-26-12-27(13-26,14-26)30-24(34)17-9-19-21(10-17)35-25(33-16(3)31-32-22(33)11-29)23(19)15(2)18-7-5-6-8-20(18)28/h5-8,15,17H,4,9-14,29H2,1-3H3,(H,30,34)/t15-,17-,26?,27?/m0/s1. The first-order chi connectivity index (χ1) is 16.8. The van der Waals surface area contributed by atoms with Gasteiger partial charge in [-0.1, -0.05) is 50.1 Å². The largest absolute Gasteiger partial charge is 0.350 e. The molecule has 0 radical (unpaired) electrons. The Bertz CT molecular complexity index is 1310. The van der Waals surface area contributed by atoms with E-state index in [0.29, 0.717) is 12.0 Å². The number of nitrogens with zero attached hydrogens (tertiary/aromatic N) is 3. The summed E-state index contributed by atoms with van der Waals surface area (Å²) in [6.45, 7) is 6.75. The minimum Gasteiger partial charge on any atom is -0.350 e. The van der Waals surface area contributed by atoms with Gasteiger partial charge in [0, 0.05) is 27.3 Å². The number of fused-ring (bicyclic) bond motifs is 1. The second-order valence-electron chi connectivity index (χ2n) is 10.9. The fourth-order valence-corrected chi connectivity index (χ4v) is 8.77. The minimum atomic E-state index is -0.00918. The molecule has 3 N–H and O–H groups in total. The molecule has 4 aliphatic rings. The quantitative estimate of drug-likeness (QED) is 0.466. The van der Waals surface area contributed by atoms with Gasteiger partial charge in [-0.3, -0.25) is 9.36 Å².